The predicted molar refractivity (Wildman–Crippen MR) is 81.1 cm³/mol. The summed E-state index contributed by atoms with van der Waals surface area (Å²) in [5.41, 5.74) is 7.53. The molecule has 20 heavy (non-hydrogen) atoms. The monoisotopic (exact) mass is 267 g/mol. The van der Waals surface area contributed by atoms with Crippen LogP contribution in [0.4, 0.5) is 17.1 Å². The van der Waals surface area contributed by atoms with E-state index in [1.54, 1.807) is 12.3 Å². The lowest BCUT2D eigenvalue weighted by Gasteiger charge is -1.98. The number of hydrogen-bond acceptors (Lipinski definition) is 4. The number of nitro benzene ring substituents is 1. The van der Waals surface area contributed by atoms with E-state index in [0.717, 1.165) is 5.56 Å². The minimum Gasteiger partial charge on any atom is -0.397 e. The standard InChI is InChI=1S/C15H13N3O2/c16-14-9-8-13(18(19)20)11-15(14)17-10-4-7-12-5-2-1-3-6-12/h1-11H,16H2/b7-4+,17-10?. The van der Waals surface area contributed by atoms with Gasteiger partial charge < -0.3 is 5.73 Å². The lowest BCUT2D eigenvalue weighted by Crippen LogP contribution is -1.90. The quantitative estimate of drug-likeness (QED) is 0.397. The summed E-state index contributed by atoms with van der Waals surface area (Å²) in [6.07, 6.45) is 5.20. The molecule has 5 nitrogen and oxygen atoms in total. The number of benzene rings is 2. The number of aliphatic imine (C=N–C) groups is 1. The Morgan fingerprint density at radius 1 is 1.15 bits per heavy atom. The highest BCUT2D eigenvalue weighted by Crippen LogP contribution is 2.26. The molecule has 2 rings (SSSR count). The van der Waals surface area contributed by atoms with E-state index in [0.29, 0.717) is 11.4 Å². The third-order valence-electron chi connectivity index (χ3n) is 2.61. The van der Waals surface area contributed by atoms with Crippen molar-refractivity contribution in [2.24, 2.45) is 4.99 Å². The molecule has 0 aliphatic rings. The average molecular weight is 267 g/mol. The number of nitrogen functional groups attached to an aromatic ring is 1. The number of rotatable bonds is 4. The number of allylic oxidation sites excluding steroid dienone is 1. The zero-order chi connectivity index (χ0) is 14.4. The largest absolute Gasteiger partial charge is 0.397 e. The maximum Gasteiger partial charge on any atom is 0.271 e. The molecule has 2 aromatic rings. The minimum atomic E-state index is -0.474. The van der Waals surface area contributed by atoms with E-state index in [-0.39, 0.29) is 5.69 Å². The molecular weight excluding hydrogens is 254 g/mol. The second kappa shape index (κ2) is 6.29. The predicted octanol–water partition coefficient (Wildman–Crippen LogP) is 3.59. The Hall–Kier alpha value is -2.95. The highest BCUT2D eigenvalue weighted by atomic mass is 16.6. The first-order valence-corrected chi connectivity index (χ1v) is 5.96. The highest BCUT2D eigenvalue weighted by molar-refractivity contribution is 5.82. The van der Waals surface area contributed by atoms with Crippen molar-refractivity contribution in [3.05, 3.63) is 70.3 Å². The molecule has 0 spiro atoms. The van der Waals surface area contributed by atoms with Gasteiger partial charge >= 0.3 is 0 Å². The molecule has 0 radical (unpaired) electrons. The molecule has 100 valence electrons. The number of nitrogens with two attached hydrogens (primary N) is 1. The van der Waals surface area contributed by atoms with E-state index in [1.807, 2.05) is 36.4 Å². The van der Waals surface area contributed by atoms with Gasteiger partial charge in [-0.2, -0.15) is 0 Å². The van der Waals surface area contributed by atoms with E-state index in [1.165, 1.54) is 18.2 Å². The summed E-state index contributed by atoms with van der Waals surface area (Å²) in [5, 5.41) is 10.7. The number of nitro groups is 1. The van der Waals surface area contributed by atoms with Crippen LogP contribution in [0.1, 0.15) is 5.56 Å². The van der Waals surface area contributed by atoms with Crippen LogP contribution in [0.15, 0.2) is 59.6 Å². The van der Waals surface area contributed by atoms with E-state index >= 15 is 0 Å². The molecular formula is C15H13N3O2. The van der Waals surface area contributed by atoms with Crippen LogP contribution in [0.3, 0.4) is 0 Å². The molecule has 0 saturated heterocycles. The van der Waals surface area contributed by atoms with Crippen LogP contribution < -0.4 is 5.73 Å². The van der Waals surface area contributed by atoms with Crippen LogP contribution in [0, 0.1) is 10.1 Å². The maximum atomic E-state index is 10.7. The van der Waals surface area contributed by atoms with Gasteiger partial charge in [0.25, 0.3) is 5.69 Å². The fraction of sp³-hybridized carbons (Fsp3) is 0. The van der Waals surface area contributed by atoms with Crippen LogP contribution in [-0.2, 0) is 0 Å². The van der Waals surface area contributed by atoms with Crippen molar-refractivity contribution in [3.8, 4) is 0 Å². The van der Waals surface area contributed by atoms with Crippen molar-refractivity contribution in [2.45, 2.75) is 0 Å². The summed E-state index contributed by atoms with van der Waals surface area (Å²) < 4.78 is 0. The molecule has 0 amide bonds. The van der Waals surface area contributed by atoms with Gasteiger partial charge in [-0.05, 0) is 17.7 Å². The molecule has 0 heterocycles. The Morgan fingerprint density at radius 2 is 1.90 bits per heavy atom. The average Bonchev–Trinajstić information content (AvgIpc) is 2.46. The van der Waals surface area contributed by atoms with Crippen LogP contribution in [0.25, 0.3) is 6.08 Å². The Labute approximate surface area is 116 Å². The van der Waals surface area contributed by atoms with Gasteiger partial charge in [-0.3, -0.25) is 15.1 Å². The van der Waals surface area contributed by atoms with Crippen molar-refractivity contribution in [2.75, 3.05) is 5.73 Å². The Bertz CT molecular complexity index is 664. The van der Waals surface area contributed by atoms with E-state index in [4.69, 9.17) is 5.73 Å². The van der Waals surface area contributed by atoms with Gasteiger partial charge in [0.2, 0.25) is 0 Å². The summed E-state index contributed by atoms with van der Waals surface area (Å²) in [7, 11) is 0. The summed E-state index contributed by atoms with van der Waals surface area (Å²) in [4.78, 5) is 14.3. The van der Waals surface area contributed by atoms with Gasteiger partial charge in [-0.1, -0.05) is 36.4 Å². The Kier molecular flexibility index (Phi) is 4.24. The zero-order valence-corrected chi connectivity index (χ0v) is 10.6. The van der Waals surface area contributed by atoms with Crippen molar-refractivity contribution in [1.29, 1.82) is 0 Å². The van der Waals surface area contributed by atoms with Crippen LogP contribution in [0.2, 0.25) is 0 Å². The lowest BCUT2D eigenvalue weighted by atomic mass is 10.2. The van der Waals surface area contributed by atoms with Crippen molar-refractivity contribution >= 4 is 29.4 Å². The molecule has 0 aromatic heterocycles. The minimum absolute atomic E-state index is 0.0293. The third-order valence-corrected chi connectivity index (χ3v) is 2.61. The Balaban J connectivity index is 2.13. The van der Waals surface area contributed by atoms with Gasteiger partial charge in [0.15, 0.2) is 0 Å². The molecule has 0 unspecified atom stereocenters. The fourth-order valence-corrected chi connectivity index (χ4v) is 1.60. The first-order valence-electron chi connectivity index (χ1n) is 5.96. The molecule has 0 aliphatic carbocycles. The SMILES string of the molecule is Nc1ccc([N+](=O)[O-])cc1N=C/C=C/c1ccccc1. The zero-order valence-electron chi connectivity index (χ0n) is 10.6. The highest BCUT2D eigenvalue weighted by Gasteiger charge is 2.07. The first-order chi connectivity index (χ1) is 9.66. The van der Waals surface area contributed by atoms with E-state index in [2.05, 4.69) is 4.99 Å². The molecule has 2 aromatic carbocycles. The molecule has 0 fully saturated rings. The topological polar surface area (TPSA) is 81.5 Å². The summed E-state index contributed by atoms with van der Waals surface area (Å²) in [6, 6.07) is 13.9. The smallest absolute Gasteiger partial charge is 0.271 e. The maximum absolute atomic E-state index is 10.7. The number of anilines is 1. The first kappa shape index (κ1) is 13.5. The van der Waals surface area contributed by atoms with Gasteiger partial charge in [-0.25, -0.2) is 0 Å². The number of hydrogen-bond donors (Lipinski definition) is 1. The van der Waals surface area contributed by atoms with E-state index in [9.17, 15) is 10.1 Å². The molecule has 0 aliphatic heterocycles. The second-order valence-corrected chi connectivity index (χ2v) is 4.05. The number of non-ortho nitro benzene ring substituents is 1. The van der Waals surface area contributed by atoms with Crippen LogP contribution in [-0.4, -0.2) is 11.1 Å². The molecule has 0 bridgehead atoms. The van der Waals surface area contributed by atoms with E-state index < -0.39 is 4.92 Å². The summed E-state index contributed by atoms with van der Waals surface area (Å²) >= 11 is 0. The molecule has 2 N–H and O–H groups in total. The Morgan fingerprint density at radius 3 is 2.60 bits per heavy atom. The van der Waals surface area contributed by atoms with Gasteiger partial charge in [0.05, 0.1) is 16.3 Å². The molecule has 5 heteroatoms. The van der Waals surface area contributed by atoms with Gasteiger partial charge in [-0.15, -0.1) is 0 Å². The number of nitrogens with zero attached hydrogens (tertiary/aromatic N) is 2. The van der Waals surface area contributed by atoms with Crippen molar-refractivity contribution in [3.63, 3.8) is 0 Å². The third kappa shape index (κ3) is 3.52. The van der Waals surface area contributed by atoms with Crippen LogP contribution >= 0.6 is 0 Å². The van der Waals surface area contributed by atoms with Crippen LogP contribution in [0.5, 0.6) is 0 Å². The molecule has 0 saturated carbocycles. The van der Waals surface area contributed by atoms with Gasteiger partial charge in [0, 0.05) is 18.3 Å². The normalized spacial score (nSPS) is 11.2. The summed E-state index contributed by atoms with van der Waals surface area (Å²) in [6.45, 7) is 0. The van der Waals surface area contributed by atoms with Crippen molar-refractivity contribution in [1.82, 2.24) is 0 Å². The van der Waals surface area contributed by atoms with Crippen molar-refractivity contribution < 1.29 is 4.92 Å². The second-order valence-electron chi connectivity index (χ2n) is 4.05. The fourth-order valence-electron chi connectivity index (χ4n) is 1.60. The lowest BCUT2D eigenvalue weighted by molar-refractivity contribution is -0.384. The molecule has 0 atom stereocenters. The van der Waals surface area contributed by atoms with Gasteiger partial charge in [0.1, 0.15) is 0 Å². The summed E-state index contributed by atoms with van der Waals surface area (Å²) in [5.74, 6) is 0.